The van der Waals surface area contributed by atoms with Crippen molar-refractivity contribution in [1.82, 2.24) is 9.38 Å². The largest absolute Gasteiger partial charge is 0.355 e. The molecule has 0 aromatic carbocycles. The van der Waals surface area contributed by atoms with Crippen molar-refractivity contribution >= 4 is 32.8 Å². The molecule has 2 aromatic rings. The molecular formula is C15H21ClN4O2S. The highest BCUT2D eigenvalue weighted by molar-refractivity contribution is 7.91. The fourth-order valence-electron chi connectivity index (χ4n) is 3.05. The molecule has 3 rings (SSSR count). The molecule has 0 spiro atoms. The number of hydrogen-bond acceptors (Lipinski definition) is 5. The Labute approximate surface area is 141 Å². The lowest BCUT2D eigenvalue weighted by atomic mass is 10.0. The van der Waals surface area contributed by atoms with E-state index in [0.717, 1.165) is 29.7 Å². The lowest BCUT2D eigenvalue weighted by molar-refractivity contribution is 0.584. The Morgan fingerprint density at radius 2 is 2.09 bits per heavy atom. The van der Waals surface area contributed by atoms with Gasteiger partial charge in [0, 0.05) is 24.7 Å². The number of imidazole rings is 1. The van der Waals surface area contributed by atoms with Gasteiger partial charge in [0.25, 0.3) is 0 Å². The van der Waals surface area contributed by atoms with E-state index in [2.05, 4.69) is 16.8 Å². The summed E-state index contributed by atoms with van der Waals surface area (Å²) in [5, 5.41) is 0.609. The molecular weight excluding hydrogens is 336 g/mol. The standard InChI is InChI=1S/C15H21ClN4O2S/c1-2-3-13(17)11-8-12(16)14-9-18-10-20(14)15(11)19-4-6-23(21,22)7-5-19/h8-10,13H,2-7,17H2,1H3. The Kier molecular flexibility index (Phi) is 4.53. The Bertz CT molecular complexity index is 804. The van der Waals surface area contributed by atoms with Crippen LogP contribution < -0.4 is 10.6 Å². The first-order chi connectivity index (χ1) is 10.9. The molecule has 0 amide bonds. The topological polar surface area (TPSA) is 80.7 Å². The molecule has 1 saturated heterocycles. The van der Waals surface area contributed by atoms with Crippen LogP contribution in [-0.4, -0.2) is 42.4 Å². The van der Waals surface area contributed by atoms with Crippen LogP contribution in [0.15, 0.2) is 18.6 Å². The minimum absolute atomic E-state index is 0.141. The van der Waals surface area contributed by atoms with Crippen LogP contribution in [0.3, 0.4) is 0 Å². The second kappa shape index (κ2) is 6.30. The molecule has 3 heterocycles. The van der Waals surface area contributed by atoms with Crippen molar-refractivity contribution in [3.8, 4) is 0 Å². The molecule has 23 heavy (non-hydrogen) atoms. The summed E-state index contributed by atoms with van der Waals surface area (Å²) in [7, 11) is -2.94. The summed E-state index contributed by atoms with van der Waals surface area (Å²) in [6.45, 7) is 3.01. The first-order valence-electron chi connectivity index (χ1n) is 7.78. The third-order valence-corrected chi connectivity index (χ3v) is 6.21. The minimum Gasteiger partial charge on any atom is -0.355 e. The average Bonchev–Trinajstić information content (AvgIpc) is 2.98. The number of hydrogen-bond donors (Lipinski definition) is 1. The fourth-order valence-corrected chi connectivity index (χ4v) is 4.51. The van der Waals surface area contributed by atoms with Crippen LogP contribution >= 0.6 is 11.6 Å². The summed E-state index contributed by atoms with van der Waals surface area (Å²) in [6.07, 6.45) is 5.23. The van der Waals surface area contributed by atoms with Crippen molar-refractivity contribution in [3.63, 3.8) is 0 Å². The smallest absolute Gasteiger partial charge is 0.153 e. The number of aromatic nitrogens is 2. The molecule has 1 unspecified atom stereocenters. The lowest BCUT2D eigenvalue weighted by Gasteiger charge is -2.32. The molecule has 1 fully saturated rings. The number of nitrogens with zero attached hydrogens (tertiary/aromatic N) is 3. The van der Waals surface area contributed by atoms with Gasteiger partial charge in [-0.15, -0.1) is 0 Å². The SMILES string of the molecule is CCCC(N)c1cc(Cl)c2cncn2c1N1CCS(=O)(=O)CC1. The fraction of sp³-hybridized carbons (Fsp3) is 0.533. The van der Waals surface area contributed by atoms with Crippen molar-refractivity contribution in [2.45, 2.75) is 25.8 Å². The molecule has 126 valence electrons. The zero-order valence-corrected chi connectivity index (χ0v) is 14.6. The lowest BCUT2D eigenvalue weighted by Crippen LogP contribution is -2.42. The van der Waals surface area contributed by atoms with Crippen LogP contribution in [0, 0.1) is 0 Å². The Morgan fingerprint density at radius 3 is 2.74 bits per heavy atom. The van der Waals surface area contributed by atoms with E-state index in [1.807, 2.05) is 10.5 Å². The average molecular weight is 357 g/mol. The Morgan fingerprint density at radius 1 is 1.39 bits per heavy atom. The summed E-state index contributed by atoms with van der Waals surface area (Å²) in [5.41, 5.74) is 8.11. The molecule has 8 heteroatoms. The molecule has 0 saturated carbocycles. The Balaban J connectivity index is 2.11. The predicted molar refractivity (Wildman–Crippen MR) is 92.9 cm³/mol. The maximum Gasteiger partial charge on any atom is 0.153 e. The van der Waals surface area contributed by atoms with Gasteiger partial charge in [0.2, 0.25) is 0 Å². The highest BCUT2D eigenvalue weighted by Crippen LogP contribution is 2.34. The maximum absolute atomic E-state index is 11.7. The zero-order chi connectivity index (χ0) is 16.6. The number of halogens is 1. The van der Waals surface area contributed by atoms with Gasteiger partial charge >= 0.3 is 0 Å². The summed E-state index contributed by atoms with van der Waals surface area (Å²) in [5.74, 6) is 1.24. The number of rotatable bonds is 4. The molecule has 0 aliphatic carbocycles. The first-order valence-corrected chi connectivity index (χ1v) is 9.98. The van der Waals surface area contributed by atoms with Crippen molar-refractivity contribution in [3.05, 3.63) is 29.2 Å². The summed E-state index contributed by atoms with van der Waals surface area (Å²) in [6, 6.07) is 1.76. The van der Waals surface area contributed by atoms with E-state index in [4.69, 9.17) is 17.3 Å². The van der Waals surface area contributed by atoms with Gasteiger partial charge in [0.15, 0.2) is 9.84 Å². The van der Waals surface area contributed by atoms with Crippen LogP contribution in [0.2, 0.25) is 5.02 Å². The number of anilines is 1. The summed E-state index contributed by atoms with van der Waals surface area (Å²) in [4.78, 5) is 6.27. The van der Waals surface area contributed by atoms with Crippen molar-refractivity contribution in [2.24, 2.45) is 5.73 Å². The van der Waals surface area contributed by atoms with E-state index in [1.54, 1.807) is 12.5 Å². The van der Waals surface area contributed by atoms with Crippen LogP contribution in [0.25, 0.3) is 5.52 Å². The number of nitrogens with two attached hydrogens (primary N) is 1. The van der Waals surface area contributed by atoms with Gasteiger partial charge in [-0.1, -0.05) is 24.9 Å². The second-order valence-electron chi connectivity index (χ2n) is 5.95. The van der Waals surface area contributed by atoms with Gasteiger partial charge in [-0.2, -0.15) is 0 Å². The molecule has 1 aliphatic heterocycles. The third-order valence-electron chi connectivity index (χ3n) is 4.29. The van der Waals surface area contributed by atoms with Crippen LogP contribution in [-0.2, 0) is 9.84 Å². The van der Waals surface area contributed by atoms with Gasteiger partial charge in [0.05, 0.1) is 28.2 Å². The highest BCUT2D eigenvalue weighted by Gasteiger charge is 2.27. The first kappa shape index (κ1) is 16.5. The molecule has 1 aliphatic rings. The molecule has 0 radical (unpaired) electrons. The van der Waals surface area contributed by atoms with E-state index in [1.165, 1.54) is 0 Å². The quantitative estimate of drug-likeness (QED) is 0.906. The van der Waals surface area contributed by atoms with Crippen molar-refractivity contribution < 1.29 is 8.42 Å². The van der Waals surface area contributed by atoms with E-state index >= 15 is 0 Å². The van der Waals surface area contributed by atoms with Gasteiger partial charge in [-0.3, -0.25) is 4.40 Å². The minimum atomic E-state index is -2.94. The van der Waals surface area contributed by atoms with Gasteiger partial charge in [0.1, 0.15) is 12.1 Å². The normalized spacial score (nSPS) is 19.2. The van der Waals surface area contributed by atoms with Gasteiger partial charge in [-0.25, -0.2) is 13.4 Å². The third kappa shape index (κ3) is 3.18. The van der Waals surface area contributed by atoms with Crippen LogP contribution in [0.1, 0.15) is 31.4 Å². The Hall–Kier alpha value is -1.31. The highest BCUT2D eigenvalue weighted by atomic mass is 35.5. The number of pyridine rings is 1. The van der Waals surface area contributed by atoms with Gasteiger partial charge < -0.3 is 10.6 Å². The van der Waals surface area contributed by atoms with E-state index in [0.29, 0.717) is 18.1 Å². The maximum atomic E-state index is 11.7. The monoisotopic (exact) mass is 356 g/mol. The van der Waals surface area contributed by atoms with Crippen molar-refractivity contribution in [2.75, 3.05) is 29.5 Å². The van der Waals surface area contributed by atoms with Crippen molar-refractivity contribution in [1.29, 1.82) is 0 Å². The van der Waals surface area contributed by atoms with E-state index in [9.17, 15) is 8.42 Å². The van der Waals surface area contributed by atoms with Gasteiger partial charge in [-0.05, 0) is 12.5 Å². The molecule has 0 bridgehead atoms. The van der Waals surface area contributed by atoms with E-state index in [-0.39, 0.29) is 17.5 Å². The molecule has 2 N–H and O–H groups in total. The molecule has 2 aromatic heterocycles. The second-order valence-corrected chi connectivity index (χ2v) is 8.66. The molecule has 6 nitrogen and oxygen atoms in total. The number of fused-ring (bicyclic) bond motifs is 1. The summed E-state index contributed by atoms with van der Waals surface area (Å²) < 4.78 is 25.4. The van der Waals surface area contributed by atoms with Crippen LogP contribution in [0.4, 0.5) is 5.82 Å². The van der Waals surface area contributed by atoms with E-state index < -0.39 is 9.84 Å². The zero-order valence-electron chi connectivity index (χ0n) is 13.1. The van der Waals surface area contributed by atoms with Crippen LogP contribution in [0.5, 0.6) is 0 Å². The molecule has 1 atom stereocenters. The predicted octanol–water partition coefficient (Wildman–Crippen LogP) is 2.02. The number of sulfone groups is 1. The summed E-state index contributed by atoms with van der Waals surface area (Å²) >= 11 is 6.37.